The number of fused-ring (bicyclic) bond motifs is 1. The van der Waals surface area contributed by atoms with E-state index in [1.54, 1.807) is 11.3 Å². The summed E-state index contributed by atoms with van der Waals surface area (Å²) in [5.74, 6) is 1.78. The lowest BCUT2D eigenvalue weighted by molar-refractivity contribution is 0.323. The van der Waals surface area contributed by atoms with E-state index in [2.05, 4.69) is 41.3 Å². The Morgan fingerprint density at radius 3 is 2.65 bits per heavy atom. The van der Waals surface area contributed by atoms with Crippen LogP contribution in [-0.2, 0) is 6.54 Å². The Morgan fingerprint density at radius 2 is 1.87 bits per heavy atom. The van der Waals surface area contributed by atoms with Crippen molar-refractivity contribution >= 4 is 27.4 Å². The number of nitrogens with one attached hydrogen (secondary N) is 1. The predicted octanol–water partition coefficient (Wildman–Crippen LogP) is 4.66. The summed E-state index contributed by atoms with van der Waals surface area (Å²) in [6.45, 7) is 9.47. The van der Waals surface area contributed by atoms with Crippen LogP contribution in [0.5, 0.6) is 0 Å². The van der Waals surface area contributed by atoms with Crippen molar-refractivity contribution in [2.24, 2.45) is 0 Å². The number of rotatable bonds is 6. The van der Waals surface area contributed by atoms with Crippen LogP contribution >= 0.6 is 11.3 Å². The molecule has 1 atom stereocenters. The molecule has 1 aliphatic rings. The Morgan fingerprint density at radius 1 is 1.10 bits per heavy atom. The molecule has 1 fully saturated rings. The van der Waals surface area contributed by atoms with E-state index in [1.165, 1.54) is 23.3 Å². The first-order valence-corrected chi connectivity index (χ1v) is 11.6. The molecule has 31 heavy (non-hydrogen) atoms. The number of nitrogens with zero attached hydrogens (tertiary/aromatic N) is 6. The van der Waals surface area contributed by atoms with Crippen molar-refractivity contribution in [1.29, 1.82) is 0 Å². The van der Waals surface area contributed by atoms with Gasteiger partial charge in [-0.3, -0.25) is 4.90 Å². The van der Waals surface area contributed by atoms with Crippen molar-refractivity contribution in [3.63, 3.8) is 0 Å². The van der Waals surface area contributed by atoms with Gasteiger partial charge in [0.25, 0.3) is 0 Å². The molecule has 0 amide bonds. The minimum atomic E-state index is -0.0326. The molecule has 7 nitrogen and oxygen atoms in total. The van der Waals surface area contributed by atoms with Crippen LogP contribution in [0.4, 0.5) is 5.82 Å². The summed E-state index contributed by atoms with van der Waals surface area (Å²) in [5.41, 5.74) is 3.12. The van der Waals surface area contributed by atoms with Gasteiger partial charge in [0.2, 0.25) is 0 Å². The van der Waals surface area contributed by atoms with E-state index < -0.39 is 0 Å². The average Bonchev–Trinajstić information content (AvgIpc) is 3.51. The average molecular weight is 434 g/mol. The molecule has 0 saturated carbocycles. The maximum absolute atomic E-state index is 4.96. The van der Waals surface area contributed by atoms with Gasteiger partial charge in [0.1, 0.15) is 22.2 Å². The third-order valence-corrected chi connectivity index (χ3v) is 7.07. The third kappa shape index (κ3) is 4.05. The fraction of sp³-hybridized carbons (Fsp3) is 0.391. The molecule has 0 radical (unpaired) electrons. The zero-order chi connectivity index (χ0) is 21.4. The van der Waals surface area contributed by atoms with Crippen molar-refractivity contribution in [3.05, 3.63) is 58.5 Å². The summed E-state index contributed by atoms with van der Waals surface area (Å²) in [6, 6.07) is 10.0. The molecule has 1 aromatic carbocycles. The fourth-order valence-corrected chi connectivity index (χ4v) is 5.12. The van der Waals surface area contributed by atoms with Gasteiger partial charge in [-0.25, -0.2) is 14.6 Å². The molecule has 5 rings (SSSR count). The van der Waals surface area contributed by atoms with Gasteiger partial charge in [-0.05, 0) is 64.4 Å². The summed E-state index contributed by atoms with van der Waals surface area (Å²) in [6.07, 6.45) is 4.50. The standard InChI is InChI=1S/C23H27N7S/c1-15-17(3)31-23-21(15)22(25-20(26-23)14-29-11-7-8-12-29)24-16(2)19-13-30(28-27-19)18-9-5-4-6-10-18/h4-6,9-10,13,16H,7-8,11-12,14H2,1-3H3,(H,24,25,26). The van der Waals surface area contributed by atoms with Crippen LogP contribution in [0.15, 0.2) is 36.5 Å². The lowest BCUT2D eigenvalue weighted by atomic mass is 10.2. The fourth-order valence-electron chi connectivity index (χ4n) is 4.07. The van der Waals surface area contributed by atoms with Crippen LogP contribution in [0.3, 0.4) is 0 Å². The number of para-hydroxylation sites is 1. The first-order valence-electron chi connectivity index (χ1n) is 10.8. The number of anilines is 1. The van der Waals surface area contributed by atoms with Gasteiger partial charge in [-0.1, -0.05) is 23.4 Å². The van der Waals surface area contributed by atoms with Gasteiger partial charge in [-0.15, -0.1) is 16.4 Å². The molecule has 1 N–H and O–H groups in total. The van der Waals surface area contributed by atoms with Gasteiger partial charge in [0, 0.05) is 4.88 Å². The van der Waals surface area contributed by atoms with E-state index >= 15 is 0 Å². The number of thiophene rings is 1. The molecule has 4 heterocycles. The number of aryl methyl sites for hydroxylation is 2. The summed E-state index contributed by atoms with van der Waals surface area (Å²) < 4.78 is 1.81. The highest BCUT2D eigenvalue weighted by atomic mass is 32.1. The molecule has 160 valence electrons. The second-order valence-corrected chi connectivity index (χ2v) is 9.43. The molecule has 4 aromatic rings. The summed E-state index contributed by atoms with van der Waals surface area (Å²) in [7, 11) is 0. The highest BCUT2D eigenvalue weighted by molar-refractivity contribution is 7.18. The molecule has 0 aliphatic carbocycles. The number of aromatic nitrogens is 5. The van der Waals surface area contributed by atoms with Crippen LogP contribution in [0.2, 0.25) is 0 Å². The molecule has 1 saturated heterocycles. The topological polar surface area (TPSA) is 71.8 Å². The summed E-state index contributed by atoms with van der Waals surface area (Å²) in [4.78, 5) is 14.6. The first kappa shape index (κ1) is 20.1. The minimum Gasteiger partial charge on any atom is -0.361 e. The SMILES string of the molecule is Cc1sc2nc(CN3CCCC3)nc(NC(C)c3cn(-c4ccccc4)nn3)c2c1C. The van der Waals surface area contributed by atoms with E-state index in [1.807, 2.05) is 41.2 Å². The van der Waals surface area contributed by atoms with Crippen molar-refractivity contribution < 1.29 is 0 Å². The summed E-state index contributed by atoms with van der Waals surface area (Å²) >= 11 is 1.75. The number of benzene rings is 1. The molecule has 8 heteroatoms. The Bertz CT molecular complexity index is 1190. The smallest absolute Gasteiger partial charge is 0.146 e. The van der Waals surface area contributed by atoms with Gasteiger partial charge in [-0.2, -0.15) is 0 Å². The zero-order valence-electron chi connectivity index (χ0n) is 18.2. The van der Waals surface area contributed by atoms with E-state index in [9.17, 15) is 0 Å². The quantitative estimate of drug-likeness (QED) is 0.477. The van der Waals surface area contributed by atoms with Crippen LogP contribution in [0.1, 0.15) is 47.8 Å². The van der Waals surface area contributed by atoms with Gasteiger partial charge < -0.3 is 5.32 Å². The monoisotopic (exact) mass is 433 g/mol. The lowest BCUT2D eigenvalue weighted by Crippen LogP contribution is -2.20. The largest absolute Gasteiger partial charge is 0.361 e. The first-order chi connectivity index (χ1) is 15.1. The molecule has 1 unspecified atom stereocenters. The van der Waals surface area contributed by atoms with Crippen LogP contribution < -0.4 is 5.32 Å². The van der Waals surface area contributed by atoms with E-state index in [0.717, 1.165) is 52.9 Å². The molecular weight excluding hydrogens is 406 g/mol. The van der Waals surface area contributed by atoms with Crippen LogP contribution in [0, 0.1) is 13.8 Å². The Labute approximate surface area is 186 Å². The van der Waals surface area contributed by atoms with Gasteiger partial charge in [0.15, 0.2) is 0 Å². The molecule has 0 bridgehead atoms. The van der Waals surface area contributed by atoms with E-state index in [0.29, 0.717) is 0 Å². The second kappa shape index (κ2) is 8.36. The van der Waals surface area contributed by atoms with Gasteiger partial charge >= 0.3 is 0 Å². The molecule has 1 aliphatic heterocycles. The molecular formula is C23H27N7S. The minimum absolute atomic E-state index is 0.0326. The highest BCUT2D eigenvalue weighted by Gasteiger charge is 2.20. The zero-order valence-corrected chi connectivity index (χ0v) is 19.0. The van der Waals surface area contributed by atoms with Gasteiger partial charge in [0.05, 0.1) is 29.9 Å². The normalized spacial score (nSPS) is 15.6. The van der Waals surface area contributed by atoms with Crippen molar-refractivity contribution in [2.75, 3.05) is 18.4 Å². The third-order valence-electron chi connectivity index (χ3n) is 5.97. The Kier molecular flexibility index (Phi) is 5.41. The maximum atomic E-state index is 4.96. The highest BCUT2D eigenvalue weighted by Crippen LogP contribution is 2.35. The Balaban J connectivity index is 1.45. The van der Waals surface area contributed by atoms with Crippen molar-refractivity contribution in [2.45, 2.75) is 46.2 Å². The maximum Gasteiger partial charge on any atom is 0.146 e. The summed E-state index contributed by atoms with van der Waals surface area (Å²) in [5, 5.41) is 13.4. The number of hydrogen-bond donors (Lipinski definition) is 1. The predicted molar refractivity (Wildman–Crippen MR) is 125 cm³/mol. The molecule has 0 spiro atoms. The van der Waals surface area contributed by atoms with Crippen LogP contribution in [0.25, 0.3) is 15.9 Å². The van der Waals surface area contributed by atoms with Crippen molar-refractivity contribution in [3.8, 4) is 5.69 Å². The molecule has 3 aromatic heterocycles. The van der Waals surface area contributed by atoms with E-state index in [4.69, 9.17) is 9.97 Å². The second-order valence-electron chi connectivity index (χ2n) is 8.22. The van der Waals surface area contributed by atoms with Crippen molar-refractivity contribution in [1.82, 2.24) is 29.9 Å². The lowest BCUT2D eigenvalue weighted by Gasteiger charge is -2.17. The van der Waals surface area contributed by atoms with E-state index in [-0.39, 0.29) is 6.04 Å². The van der Waals surface area contributed by atoms with Crippen LogP contribution in [-0.4, -0.2) is 43.0 Å². The number of hydrogen-bond acceptors (Lipinski definition) is 7. The number of likely N-dealkylation sites (tertiary alicyclic amines) is 1. The Hall–Kier alpha value is -2.84.